The van der Waals surface area contributed by atoms with Gasteiger partial charge in [-0.15, -0.1) is 0 Å². The van der Waals surface area contributed by atoms with Crippen molar-refractivity contribution in [2.75, 3.05) is 0 Å². The Kier molecular flexibility index (Phi) is 2.34. The second-order valence-electron chi connectivity index (χ2n) is 3.81. The molecule has 2 aromatic heterocycles. The quantitative estimate of drug-likeness (QED) is 0.739. The van der Waals surface area contributed by atoms with Crippen LogP contribution in [0.2, 0.25) is 0 Å². The summed E-state index contributed by atoms with van der Waals surface area (Å²) in [5.41, 5.74) is 1.11. The maximum absolute atomic E-state index is 11.1. The van der Waals surface area contributed by atoms with Crippen LogP contribution in [0, 0.1) is 0 Å². The molecule has 2 heterocycles. The van der Waals surface area contributed by atoms with Crippen LogP contribution in [0.5, 0.6) is 5.75 Å². The number of fused-ring (bicyclic) bond motifs is 1. The van der Waals surface area contributed by atoms with Crippen LogP contribution in [0.4, 0.5) is 0 Å². The topological polar surface area (TPSA) is 70.7 Å². The van der Waals surface area contributed by atoms with Gasteiger partial charge in [-0.25, -0.2) is 4.79 Å². The molecule has 2 N–H and O–H groups in total. The fraction of sp³-hybridized carbons (Fsp3) is 0. The zero-order valence-electron chi connectivity index (χ0n) is 9.08. The number of thiophene rings is 1. The zero-order chi connectivity index (χ0) is 12.7. The molecule has 4 nitrogen and oxygen atoms in total. The predicted molar refractivity (Wildman–Crippen MR) is 68.2 cm³/mol. The van der Waals surface area contributed by atoms with Crippen LogP contribution in [-0.2, 0) is 0 Å². The van der Waals surface area contributed by atoms with Gasteiger partial charge in [-0.2, -0.15) is 11.3 Å². The van der Waals surface area contributed by atoms with Crippen LogP contribution in [0.25, 0.3) is 22.3 Å². The summed E-state index contributed by atoms with van der Waals surface area (Å²) in [5.74, 6) is -0.494. The third-order valence-electron chi connectivity index (χ3n) is 2.68. The standard InChI is InChI=1S/C13H8O4S/c14-10-3-1-2-7-4-11(17-12(7)10)8-5-18-6-9(8)13(15)16/h1-6,14H,(H,15,16). The molecule has 0 aliphatic rings. The lowest BCUT2D eigenvalue weighted by Crippen LogP contribution is -1.94. The molecule has 90 valence electrons. The molecule has 3 aromatic rings. The third kappa shape index (κ3) is 1.56. The molecule has 0 amide bonds. The molecular formula is C13H8O4S. The van der Waals surface area contributed by atoms with E-state index in [2.05, 4.69) is 0 Å². The van der Waals surface area contributed by atoms with Crippen molar-refractivity contribution in [3.8, 4) is 17.1 Å². The van der Waals surface area contributed by atoms with Crippen molar-refractivity contribution in [2.24, 2.45) is 0 Å². The van der Waals surface area contributed by atoms with E-state index >= 15 is 0 Å². The van der Waals surface area contributed by atoms with E-state index in [0.717, 1.165) is 5.39 Å². The van der Waals surface area contributed by atoms with Gasteiger partial charge in [0.1, 0.15) is 5.76 Å². The molecule has 0 saturated carbocycles. The number of benzene rings is 1. The summed E-state index contributed by atoms with van der Waals surface area (Å²) in [6.45, 7) is 0. The summed E-state index contributed by atoms with van der Waals surface area (Å²) in [4.78, 5) is 11.1. The number of hydrogen-bond donors (Lipinski definition) is 2. The molecule has 0 bridgehead atoms. The summed E-state index contributed by atoms with van der Waals surface area (Å²) in [5, 5.41) is 22.7. The summed E-state index contributed by atoms with van der Waals surface area (Å²) in [7, 11) is 0. The van der Waals surface area contributed by atoms with Crippen molar-refractivity contribution < 1.29 is 19.4 Å². The van der Waals surface area contributed by atoms with Crippen LogP contribution < -0.4 is 0 Å². The van der Waals surface area contributed by atoms with E-state index in [4.69, 9.17) is 9.52 Å². The summed E-state index contributed by atoms with van der Waals surface area (Å²) in [6.07, 6.45) is 0. The SMILES string of the molecule is O=C(O)c1cscc1-c1cc2cccc(O)c2o1. The van der Waals surface area contributed by atoms with Gasteiger partial charge in [0.25, 0.3) is 0 Å². The number of aromatic hydroxyl groups is 1. The first-order valence-corrected chi connectivity index (χ1v) is 6.12. The molecule has 3 rings (SSSR count). The Hall–Kier alpha value is -2.27. The largest absolute Gasteiger partial charge is 0.504 e. The number of hydrogen-bond acceptors (Lipinski definition) is 4. The van der Waals surface area contributed by atoms with Crippen LogP contribution in [0.15, 0.2) is 39.4 Å². The van der Waals surface area contributed by atoms with E-state index in [1.807, 2.05) is 0 Å². The van der Waals surface area contributed by atoms with Crippen molar-refractivity contribution in [1.29, 1.82) is 0 Å². The first-order chi connectivity index (χ1) is 8.66. The number of phenolic OH excluding ortho intramolecular Hbond substituents is 1. The maximum Gasteiger partial charge on any atom is 0.337 e. The molecular weight excluding hydrogens is 252 g/mol. The molecule has 0 unspecified atom stereocenters. The average Bonchev–Trinajstić information content (AvgIpc) is 2.95. The number of furan rings is 1. The van der Waals surface area contributed by atoms with Gasteiger partial charge in [-0.3, -0.25) is 0 Å². The highest BCUT2D eigenvalue weighted by Gasteiger charge is 2.17. The van der Waals surface area contributed by atoms with Gasteiger partial charge in [0.05, 0.1) is 5.56 Å². The van der Waals surface area contributed by atoms with Crippen molar-refractivity contribution >= 4 is 28.3 Å². The van der Waals surface area contributed by atoms with Gasteiger partial charge in [-0.1, -0.05) is 12.1 Å². The Labute approximate surface area is 106 Å². The lowest BCUT2D eigenvalue weighted by molar-refractivity contribution is 0.0698. The third-order valence-corrected chi connectivity index (χ3v) is 3.42. The minimum Gasteiger partial charge on any atom is -0.504 e. The smallest absolute Gasteiger partial charge is 0.337 e. The van der Waals surface area contributed by atoms with E-state index < -0.39 is 5.97 Å². The molecule has 18 heavy (non-hydrogen) atoms. The second-order valence-corrected chi connectivity index (χ2v) is 4.55. The number of aromatic carboxylic acids is 1. The molecule has 0 saturated heterocycles. The molecule has 0 atom stereocenters. The molecule has 0 radical (unpaired) electrons. The minimum atomic E-state index is -0.990. The molecule has 1 aromatic carbocycles. The minimum absolute atomic E-state index is 0.0471. The molecule has 0 spiro atoms. The Bertz CT molecular complexity index is 738. The fourth-order valence-corrected chi connectivity index (χ4v) is 2.65. The highest BCUT2D eigenvalue weighted by Crippen LogP contribution is 2.35. The van der Waals surface area contributed by atoms with Gasteiger partial charge >= 0.3 is 5.97 Å². The average molecular weight is 260 g/mol. The molecule has 5 heteroatoms. The number of carboxylic acid groups (broad SMARTS) is 1. The molecule has 0 fully saturated rings. The summed E-state index contributed by atoms with van der Waals surface area (Å²) in [6, 6.07) is 6.77. The number of carbonyl (C=O) groups is 1. The van der Waals surface area contributed by atoms with Crippen LogP contribution >= 0.6 is 11.3 Å². The van der Waals surface area contributed by atoms with E-state index in [1.165, 1.54) is 17.4 Å². The van der Waals surface area contributed by atoms with Crippen molar-refractivity contribution in [3.63, 3.8) is 0 Å². The van der Waals surface area contributed by atoms with E-state index in [9.17, 15) is 9.90 Å². The fourth-order valence-electron chi connectivity index (χ4n) is 1.83. The van der Waals surface area contributed by atoms with Gasteiger partial charge in [-0.05, 0) is 12.1 Å². The van der Waals surface area contributed by atoms with Crippen molar-refractivity contribution in [3.05, 3.63) is 40.6 Å². The maximum atomic E-state index is 11.1. The lowest BCUT2D eigenvalue weighted by Gasteiger charge is -1.95. The second kappa shape index (κ2) is 3.89. The normalized spacial score (nSPS) is 10.9. The Morgan fingerprint density at radius 3 is 2.83 bits per heavy atom. The monoisotopic (exact) mass is 260 g/mol. The van der Waals surface area contributed by atoms with Crippen LogP contribution in [0.1, 0.15) is 10.4 Å². The van der Waals surface area contributed by atoms with Gasteiger partial charge in [0.15, 0.2) is 11.3 Å². The highest BCUT2D eigenvalue weighted by molar-refractivity contribution is 7.08. The van der Waals surface area contributed by atoms with Gasteiger partial charge in [0.2, 0.25) is 0 Å². The summed E-state index contributed by atoms with van der Waals surface area (Å²) < 4.78 is 5.53. The molecule has 0 aliphatic carbocycles. The number of carboxylic acids is 1. The number of rotatable bonds is 2. The first kappa shape index (κ1) is 10.9. The van der Waals surface area contributed by atoms with Crippen molar-refractivity contribution in [1.82, 2.24) is 0 Å². The van der Waals surface area contributed by atoms with E-state index in [-0.39, 0.29) is 11.3 Å². The molecule has 0 aliphatic heterocycles. The number of phenols is 1. The van der Waals surface area contributed by atoms with Gasteiger partial charge in [0, 0.05) is 21.7 Å². The van der Waals surface area contributed by atoms with Crippen molar-refractivity contribution in [2.45, 2.75) is 0 Å². The highest BCUT2D eigenvalue weighted by atomic mass is 32.1. The Morgan fingerprint density at radius 2 is 2.11 bits per heavy atom. The van der Waals surface area contributed by atoms with Crippen LogP contribution in [0.3, 0.4) is 0 Å². The van der Waals surface area contributed by atoms with Gasteiger partial charge < -0.3 is 14.6 Å². The Balaban J connectivity index is 2.23. The lowest BCUT2D eigenvalue weighted by atomic mass is 10.1. The number of para-hydroxylation sites is 1. The van der Waals surface area contributed by atoms with E-state index in [1.54, 1.807) is 29.0 Å². The summed E-state index contributed by atoms with van der Waals surface area (Å²) >= 11 is 1.30. The Morgan fingerprint density at radius 1 is 1.28 bits per heavy atom. The van der Waals surface area contributed by atoms with E-state index in [0.29, 0.717) is 16.9 Å². The predicted octanol–water partition coefficient (Wildman–Crippen LogP) is 3.57. The zero-order valence-corrected chi connectivity index (χ0v) is 9.90. The first-order valence-electron chi connectivity index (χ1n) is 5.18. The van der Waals surface area contributed by atoms with Crippen LogP contribution in [-0.4, -0.2) is 16.2 Å².